The number of carbonyl (C=O) groups excluding carboxylic acids is 2. The number of rotatable bonds is 3. The minimum absolute atomic E-state index is 0.0401. The molecular formula is C15H12FN2O3-. The molecule has 0 heterocycles. The zero-order valence-corrected chi connectivity index (χ0v) is 11.1. The van der Waals surface area contributed by atoms with Crippen LogP contribution in [0.5, 0.6) is 0 Å². The third-order valence-corrected chi connectivity index (χ3v) is 2.80. The Morgan fingerprint density at radius 2 is 1.86 bits per heavy atom. The number of benzene rings is 2. The van der Waals surface area contributed by atoms with Gasteiger partial charge in [-0.05, 0) is 42.3 Å². The molecule has 0 aliphatic carbocycles. The maximum absolute atomic E-state index is 13.0. The lowest BCUT2D eigenvalue weighted by Gasteiger charge is -2.12. The van der Waals surface area contributed by atoms with Gasteiger partial charge in [-0.3, -0.25) is 0 Å². The topological polar surface area (TPSA) is 81.3 Å². The molecule has 0 aliphatic rings. The lowest BCUT2D eigenvalue weighted by molar-refractivity contribution is -0.255. The molecule has 0 bridgehead atoms. The first-order chi connectivity index (χ1) is 9.95. The van der Waals surface area contributed by atoms with Crippen molar-refractivity contribution in [1.29, 1.82) is 0 Å². The van der Waals surface area contributed by atoms with Crippen molar-refractivity contribution in [2.45, 2.75) is 6.92 Å². The smallest absolute Gasteiger partial charge is 0.323 e. The molecule has 0 saturated carbocycles. The Hall–Kier alpha value is -2.89. The number of aryl methyl sites for hydroxylation is 1. The molecule has 0 saturated heterocycles. The summed E-state index contributed by atoms with van der Waals surface area (Å²) in [4.78, 5) is 22.6. The first-order valence-corrected chi connectivity index (χ1v) is 6.11. The van der Waals surface area contributed by atoms with Gasteiger partial charge in [0, 0.05) is 11.4 Å². The largest absolute Gasteiger partial charge is 0.545 e. The van der Waals surface area contributed by atoms with E-state index in [9.17, 15) is 19.1 Å². The van der Waals surface area contributed by atoms with Crippen LogP contribution in [0.15, 0.2) is 42.5 Å². The maximum Gasteiger partial charge on any atom is 0.323 e. The summed E-state index contributed by atoms with van der Waals surface area (Å²) in [5.41, 5.74) is 1.28. The average Bonchev–Trinajstić information content (AvgIpc) is 2.41. The minimum atomic E-state index is -1.33. The molecule has 108 valence electrons. The third-order valence-electron chi connectivity index (χ3n) is 2.80. The number of hydrogen-bond acceptors (Lipinski definition) is 3. The Balaban J connectivity index is 2.12. The first kappa shape index (κ1) is 14.5. The van der Waals surface area contributed by atoms with E-state index in [1.807, 2.05) is 0 Å². The zero-order chi connectivity index (χ0) is 15.4. The van der Waals surface area contributed by atoms with Crippen molar-refractivity contribution in [1.82, 2.24) is 0 Å². The number of amides is 2. The molecule has 0 atom stereocenters. The second-order valence-electron chi connectivity index (χ2n) is 4.41. The van der Waals surface area contributed by atoms with Crippen molar-refractivity contribution in [3.63, 3.8) is 0 Å². The van der Waals surface area contributed by atoms with Crippen LogP contribution in [0.4, 0.5) is 20.6 Å². The number of carbonyl (C=O) groups is 2. The van der Waals surface area contributed by atoms with Crippen LogP contribution in [-0.2, 0) is 0 Å². The molecule has 2 aromatic carbocycles. The number of anilines is 2. The molecule has 2 amide bonds. The van der Waals surface area contributed by atoms with Crippen molar-refractivity contribution < 1.29 is 19.1 Å². The third kappa shape index (κ3) is 3.79. The van der Waals surface area contributed by atoms with Crippen LogP contribution >= 0.6 is 0 Å². The van der Waals surface area contributed by atoms with Gasteiger partial charge in [0.2, 0.25) is 0 Å². The Morgan fingerprint density at radius 3 is 2.52 bits per heavy atom. The van der Waals surface area contributed by atoms with Crippen molar-refractivity contribution in [3.8, 4) is 0 Å². The van der Waals surface area contributed by atoms with Gasteiger partial charge in [0.25, 0.3) is 0 Å². The molecular weight excluding hydrogens is 275 g/mol. The summed E-state index contributed by atoms with van der Waals surface area (Å²) in [6.45, 7) is 1.72. The van der Waals surface area contributed by atoms with Gasteiger partial charge in [0.1, 0.15) is 5.82 Å². The van der Waals surface area contributed by atoms with Crippen LogP contribution in [0.1, 0.15) is 15.9 Å². The van der Waals surface area contributed by atoms with E-state index in [0.717, 1.165) is 0 Å². The molecule has 0 unspecified atom stereocenters. The molecule has 0 radical (unpaired) electrons. The van der Waals surface area contributed by atoms with E-state index in [2.05, 4.69) is 10.6 Å². The van der Waals surface area contributed by atoms with Crippen LogP contribution in [0.25, 0.3) is 0 Å². The summed E-state index contributed by atoms with van der Waals surface area (Å²) in [5.74, 6) is -1.80. The highest BCUT2D eigenvalue weighted by Gasteiger charge is 2.07. The van der Waals surface area contributed by atoms with E-state index >= 15 is 0 Å². The number of carboxylic acids is 1. The first-order valence-electron chi connectivity index (χ1n) is 6.11. The van der Waals surface area contributed by atoms with Gasteiger partial charge < -0.3 is 20.5 Å². The molecule has 2 aromatic rings. The number of carboxylic acid groups (broad SMARTS) is 1. The second kappa shape index (κ2) is 6.04. The van der Waals surface area contributed by atoms with Crippen LogP contribution in [0.2, 0.25) is 0 Å². The van der Waals surface area contributed by atoms with Gasteiger partial charge in [-0.15, -0.1) is 0 Å². The van der Waals surface area contributed by atoms with E-state index in [1.165, 1.54) is 36.4 Å². The minimum Gasteiger partial charge on any atom is -0.545 e. The predicted molar refractivity (Wildman–Crippen MR) is 74.6 cm³/mol. The number of urea groups is 1. The van der Waals surface area contributed by atoms with Gasteiger partial charge in [-0.2, -0.15) is 0 Å². The van der Waals surface area contributed by atoms with Crippen molar-refractivity contribution in [2.24, 2.45) is 0 Å². The van der Waals surface area contributed by atoms with Crippen LogP contribution in [-0.4, -0.2) is 12.0 Å². The van der Waals surface area contributed by atoms with E-state index < -0.39 is 17.8 Å². The Kier molecular flexibility index (Phi) is 4.18. The molecule has 21 heavy (non-hydrogen) atoms. The molecule has 0 aliphatic heterocycles. The van der Waals surface area contributed by atoms with E-state index in [0.29, 0.717) is 16.9 Å². The Morgan fingerprint density at radius 1 is 1.10 bits per heavy atom. The fourth-order valence-electron chi connectivity index (χ4n) is 1.73. The van der Waals surface area contributed by atoms with E-state index in [1.54, 1.807) is 13.0 Å². The van der Waals surface area contributed by atoms with Gasteiger partial charge in [-0.1, -0.05) is 18.2 Å². The summed E-state index contributed by atoms with van der Waals surface area (Å²) in [7, 11) is 0. The fraction of sp³-hybridized carbons (Fsp3) is 0.0667. The molecule has 0 spiro atoms. The van der Waals surface area contributed by atoms with Gasteiger partial charge in [0.05, 0.1) is 5.97 Å². The SMILES string of the molecule is Cc1ccc(C(=O)[O-])cc1NC(=O)Nc1cccc(F)c1. The highest BCUT2D eigenvalue weighted by Crippen LogP contribution is 2.17. The van der Waals surface area contributed by atoms with Crippen LogP contribution < -0.4 is 15.7 Å². The van der Waals surface area contributed by atoms with E-state index in [-0.39, 0.29) is 5.56 Å². The molecule has 2 N–H and O–H groups in total. The fourth-order valence-corrected chi connectivity index (χ4v) is 1.73. The quantitative estimate of drug-likeness (QED) is 0.907. The lowest BCUT2D eigenvalue weighted by Crippen LogP contribution is -2.23. The molecule has 6 heteroatoms. The number of aromatic carboxylic acids is 1. The van der Waals surface area contributed by atoms with Gasteiger partial charge in [0.15, 0.2) is 0 Å². The average molecular weight is 287 g/mol. The molecule has 2 rings (SSSR count). The molecule has 0 aromatic heterocycles. The summed E-state index contributed by atoms with van der Waals surface area (Å²) >= 11 is 0. The summed E-state index contributed by atoms with van der Waals surface area (Å²) in [5, 5.41) is 15.8. The normalized spacial score (nSPS) is 10.0. The van der Waals surface area contributed by atoms with E-state index in [4.69, 9.17) is 0 Å². The monoisotopic (exact) mass is 287 g/mol. The standard InChI is InChI=1S/C15H13FN2O3/c1-9-5-6-10(14(19)20)7-13(9)18-15(21)17-12-4-2-3-11(16)8-12/h2-8H,1H3,(H,19,20)(H2,17,18,21)/p-1. The zero-order valence-electron chi connectivity index (χ0n) is 11.1. The number of hydrogen-bond donors (Lipinski definition) is 2. The Bertz CT molecular complexity index is 701. The highest BCUT2D eigenvalue weighted by atomic mass is 19.1. The van der Waals surface area contributed by atoms with Crippen LogP contribution in [0, 0.1) is 12.7 Å². The lowest BCUT2D eigenvalue weighted by atomic mass is 10.1. The van der Waals surface area contributed by atoms with Crippen LogP contribution in [0.3, 0.4) is 0 Å². The summed E-state index contributed by atoms with van der Waals surface area (Å²) in [6, 6.07) is 9.08. The summed E-state index contributed by atoms with van der Waals surface area (Å²) in [6.07, 6.45) is 0. The number of halogens is 1. The molecule has 5 nitrogen and oxygen atoms in total. The number of nitrogens with one attached hydrogen (secondary N) is 2. The molecule has 0 fully saturated rings. The second-order valence-corrected chi connectivity index (χ2v) is 4.41. The van der Waals surface area contributed by atoms with Crippen molar-refractivity contribution in [3.05, 3.63) is 59.4 Å². The van der Waals surface area contributed by atoms with Gasteiger partial charge in [-0.25, -0.2) is 9.18 Å². The highest BCUT2D eigenvalue weighted by molar-refractivity contribution is 6.01. The Labute approximate surface area is 120 Å². The van der Waals surface area contributed by atoms with Crippen molar-refractivity contribution >= 4 is 23.4 Å². The van der Waals surface area contributed by atoms with Gasteiger partial charge >= 0.3 is 6.03 Å². The summed E-state index contributed by atoms with van der Waals surface area (Å²) < 4.78 is 13.0. The van der Waals surface area contributed by atoms with Crippen molar-refractivity contribution in [2.75, 3.05) is 10.6 Å². The predicted octanol–water partition coefficient (Wildman–Crippen LogP) is 2.14. The maximum atomic E-state index is 13.0.